The largest absolute Gasteiger partial charge is 0.416 e. The normalized spacial score (nSPS) is 11.9. The summed E-state index contributed by atoms with van der Waals surface area (Å²) in [6.45, 7) is 1.37. The monoisotopic (exact) mass is 372 g/mol. The Labute approximate surface area is 143 Å². The van der Waals surface area contributed by atoms with Crippen LogP contribution in [0.25, 0.3) is 0 Å². The van der Waals surface area contributed by atoms with Crippen molar-refractivity contribution >= 4 is 27.3 Å². The molecular weight excluding hydrogens is 357 g/mol. The van der Waals surface area contributed by atoms with E-state index >= 15 is 0 Å². The Kier molecular flexibility index (Phi) is 5.07. The van der Waals surface area contributed by atoms with Gasteiger partial charge < -0.3 is 4.90 Å². The maximum atomic E-state index is 12.5. The average molecular weight is 372 g/mol. The molecule has 0 aliphatic carbocycles. The van der Waals surface area contributed by atoms with E-state index in [1.54, 1.807) is 7.05 Å². The van der Waals surface area contributed by atoms with Crippen molar-refractivity contribution in [3.05, 3.63) is 54.1 Å². The van der Waals surface area contributed by atoms with Crippen LogP contribution in [0, 0.1) is 0 Å². The van der Waals surface area contributed by atoms with E-state index in [4.69, 9.17) is 0 Å². The molecule has 0 spiro atoms. The van der Waals surface area contributed by atoms with Crippen molar-refractivity contribution in [2.45, 2.75) is 18.0 Å². The summed E-state index contributed by atoms with van der Waals surface area (Å²) in [6.07, 6.45) is -4.49. The number of halogens is 3. The van der Waals surface area contributed by atoms with Gasteiger partial charge in [-0.1, -0.05) is 0 Å². The number of hydrogen-bond acceptors (Lipinski definition) is 3. The summed E-state index contributed by atoms with van der Waals surface area (Å²) in [7, 11) is -2.41. The van der Waals surface area contributed by atoms with E-state index in [-0.39, 0.29) is 16.5 Å². The molecule has 0 unspecified atom stereocenters. The van der Waals surface area contributed by atoms with Crippen LogP contribution in [0.4, 0.5) is 24.5 Å². The van der Waals surface area contributed by atoms with Gasteiger partial charge >= 0.3 is 6.18 Å². The van der Waals surface area contributed by atoms with Crippen molar-refractivity contribution in [1.29, 1.82) is 0 Å². The van der Waals surface area contributed by atoms with Crippen LogP contribution < -0.4 is 9.62 Å². The molecule has 0 aliphatic rings. The predicted molar refractivity (Wildman–Crippen MR) is 87.8 cm³/mol. The van der Waals surface area contributed by atoms with Gasteiger partial charge in [0.2, 0.25) is 5.91 Å². The molecule has 0 fully saturated rings. The lowest BCUT2D eigenvalue weighted by Gasteiger charge is -2.15. The number of alkyl halides is 3. The Hall–Kier alpha value is -2.55. The van der Waals surface area contributed by atoms with Crippen LogP contribution in [0.3, 0.4) is 0 Å². The number of anilines is 2. The first kappa shape index (κ1) is 18.8. The van der Waals surface area contributed by atoms with Crippen LogP contribution in [0.5, 0.6) is 0 Å². The Morgan fingerprint density at radius 2 is 1.52 bits per heavy atom. The van der Waals surface area contributed by atoms with Crippen molar-refractivity contribution in [2.24, 2.45) is 0 Å². The lowest BCUT2D eigenvalue weighted by atomic mass is 10.2. The molecule has 2 aromatic rings. The first-order valence-electron chi connectivity index (χ1n) is 7.05. The van der Waals surface area contributed by atoms with E-state index < -0.39 is 21.8 Å². The quantitative estimate of drug-likeness (QED) is 0.893. The molecule has 0 aliphatic heterocycles. The van der Waals surface area contributed by atoms with E-state index in [9.17, 15) is 26.4 Å². The van der Waals surface area contributed by atoms with Crippen molar-refractivity contribution in [2.75, 3.05) is 16.7 Å². The minimum absolute atomic E-state index is 0.0120. The number of carbonyl (C=O) groups is 1. The highest BCUT2D eigenvalue weighted by Crippen LogP contribution is 2.30. The minimum Gasteiger partial charge on any atom is -0.316 e. The highest BCUT2D eigenvalue weighted by Gasteiger charge is 2.30. The smallest absolute Gasteiger partial charge is 0.316 e. The highest BCUT2D eigenvalue weighted by molar-refractivity contribution is 7.92. The molecule has 0 saturated carbocycles. The number of amides is 1. The van der Waals surface area contributed by atoms with Crippen LogP contribution in [0.2, 0.25) is 0 Å². The molecule has 0 aromatic heterocycles. The van der Waals surface area contributed by atoms with Gasteiger partial charge in [-0.25, -0.2) is 8.42 Å². The van der Waals surface area contributed by atoms with Crippen molar-refractivity contribution in [3.8, 4) is 0 Å². The van der Waals surface area contributed by atoms with Crippen molar-refractivity contribution in [3.63, 3.8) is 0 Å². The molecule has 134 valence electrons. The van der Waals surface area contributed by atoms with Gasteiger partial charge in [-0.05, 0) is 48.5 Å². The van der Waals surface area contributed by atoms with Crippen LogP contribution >= 0.6 is 0 Å². The van der Waals surface area contributed by atoms with Gasteiger partial charge in [-0.3, -0.25) is 9.52 Å². The van der Waals surface area contributed by atoms with E-state index in [1.165, 1.54) is 36.1 Å². The fourth-order valence-electron chi connectivity index (χ4n) is 1.97. The molecule has 1 amide bonds. The second-order valence-corrected chi connectivity index (χ2v) is 6.93. The van der Waals surface area contributed by atoms with E-state index in [0.29, 0.717) is 5.69 Å². The number of rotatable bonds is 4. The molecular formula is C16H15F3N2O3S. The van der Waals surface area contributed by atoms with Gasteiger partial charge in [0.05, 0.1) is 10.5 Å². The first-order chi connectivity index (χ1) is 11.5. The van der Waals surface area contributed by atoms with E-state index in [0.717, 1.165) is 24.3 Å². The fraction of sp³-hybridized carbons (Fsp3) is 0.188. The van der Waals surface area contributed by atoms with Crippen LogP contribution in [0.1, 0.15) is 12.5 Å². The van der Waals surface area contributed by atoms with E-state index in [2.05, 4.69) is 4.72 Å². The van der Waals surface area contributed by atoms with Gasteiger partial charge in [0.1, 0.15) is 0 Å². The third-order valence-corrected chi connectivity index (χ3v) is 4.87. The molecule has 0 radical (unpaired) electrons. The number of nitrogens with one attached hydrogen (secondary N) is 1. The molecule has 0 heterocycles. The Morgan fingerprint density at radius 3 is 1.96 bits per heavy atom. The Bertz CT molecular complexity index is 861. The molecule has 0 atom stereocenters. The highest BCUT2D eigenvalue weighted by atomic mass is 32.2. The van der Waals surface area contributed by atoms with Crippen LogP contribution in [0.15, 0.2) is 53.4 Å². The topological polar surface area (TPSA) is 66.5 Å². The molecule has 9 heteroatoms. The molecule has 0 saturated heterocycles. The third kappa shape index (κ3) is 4.50. The molecule has 25 heavy (non-hydrogen) atoms. The summed E-state index contributed by atoms with van der Waals surface area (Å²) in [5, 5.41) is 0. The number of hydrogen-bond donors (Lipinski definition) is 1. The number of benzene rings is 2. The lowest BCUT2D eigenvalue weighted by molar-refractivity contribution is -0.137. The third-order valence-electron chi connectivity index (χ3n) is 3.47. The first-order valence-corrected chi connectivity index (χ1v) is 8.53. The van der Waals surface area contributed by atoms with E-state index in [1.807, 2.05) is 0 Å². The summed E-state index contributed by atoms with van der Waals surface area (Å²) in [5.74, 6) is -0.210. The zero-order valence-electron chi connectivity index (χ0n) is 13.3. The minimum atomic E-state index is -4.49. The molecule has 2 aromatic carbocycles. The van der Waals surface area contributed by atoms with Gasteiger partial charge in [-0.2, -0.15) is 13.2 Å². The van der Waals surface area contributed by atoms with Crippen LogP contribution in [-0.2, 0) is 21.0 Å². The SMILES string of the molecule is CC(=O)N(C)c1ccc(S(=O)(=O)Nc2ccc(C(F)(F)F)cc2)cc1. The zero-order chi connectivity index (χ0) is 18.8. The fourth-order valence-corrected chi connectivity index (χ4v) is 3.03. The van der Waals surface area contributed by atoms with Crippen LogP contribution in [-0.4, -0.2) is 21.4 Å². The molecule has 2 rings (SSSR count). The number of carbonyl (C=O) groups excluding carboxylic acids is 1. The van der Waals surface area contributed by atoms with Gasteiger partial charge in [0, 0.05) is 25.3 Å². The molecule has 1 N–H and O–H groups in total. The maximum Gasteiger partial charge on any atom is 0.416 e. The zero-order valence-corrected chi connectivity index (χ0v) is 14.1. The average Bonchev–Trinajstić information content (AvgIpc) is 2.53. The Morgan fingerprint density at radius 1 is 1.00 bits per heavy atom. The summed E-state index contributed by atoms with van der Waals surface area (Å²) < 4.78 is 64.3. The van der Waals surface area contributed by atoms with Gasteiger partial charge in [-0.15, -0.1) is 0 Å². The standard InChI is InChI=1S/C16H15F3N2O3S/c1-11(22)21(2)14-7-9-15(10-8-14)25(23,24)20-13-5-3-12(4-6-13)16(17,18)19/h3-10,20H,1-2H3. The lowest BCUT2D eigenvalue weighted by Crippen LogP contribution is -2.22. The summed E-state index contributed by atoms with van der Waals surface area (Å²) in [5.41, 5.74) is -0.342. The summed E-state index contributed by atoms with van der Waals surface area (Å²) in [4.78, 5) is 12.6. The summed E-state index contributed by atoms with van der Waals surface area (Å²) in [6, 6.07) is 9.20. The van der Waals surface area contributed by atoms with Gasteiger partial charge in [0.15, 0.2) is 0 Å². The number of sulfonamides is 1. The van der Waals surface area contributed by atoms with Crippen molar-refractivity contribution in [1.82, 2.24) is 0 Å². The molecule has 0 bridgehead atoms. The Balaban J connectivity index is 2.20. The number of nitrogens with zero attached hydrogens (tertiary/aromatic N) is 1. The maximum absolute atomic E-state index is 12.5. The summed E-state index contributed by atoms with van der Waals surface area (Å²) >= 11 is 0. The van der Waals surface area contributed by atoms with Gasteiger partial charge in [0.25, 0.3) is 10.0 Å². The second kappa shape index (κ2) is 6.75. The van der Waals surface area contributed by atoms with Crippen molar-refractivity contribution < 1.29 is 26.4 Å². The second-order valence-electron chi connectivity index (χ2n) is 5.25. The predicted octanol–water partition coefficient (Wildman–Crippen LogP) is 3.49. The molecule has 5 nitrogen and oxygen atoms in total.